The SMILES string of the molecule is Oc1ccc(C=Cc2cccc(O)c2O)cc1. The highest BCUT2D eigenvalue weighted by Crippen LogP contribution is 2.29. The van der Waals surface area contributed by atoms with Gasteiger partial charge in [-0.25, -0.2) is 0 Å². The van der Waals surface area contributed by atoms with Crippen LogP contribution >= 0.6 is 0 Å². The number of aromatic hydroxyl groups is 3. The molecule has 0 fully saturated rings. The maximum atomic E-state index is 9.58. The quantitative estimate of drug-likeness (QED) is 0.547. The topological polar surface area (TPSA) is 60.7 Å². The molecule has 0 saturated carbocycles. The summed E-state index contributed by atoms with van der Waals surface area (Å²) in [6.07, 6.45) is 3.48. The van der Waals surface area contributed by atoms with Crippen molar-refractivity contribution >= 4 is 12.2 Å². The van der Waals surface area contributed by atoms with Gasteiger partial charge in [-0.05, 0) is 23.8 Å². The molecule has 0 aliphatic heterocycles. The second-order valence-electron chi connectivity index (χ2n) is 3.64. The largest absolute Gasteiger partial charge is 0.508 e. The summed E-state index contributed by atoms with van der Waals surface area (Å²) < 4.78 is 0. The van der Waals surface area contributed by atoms with Crippen LogP contribution in [-0.2, 0) is 0 Å². The Hall–Kier alpha value is -2.42. The number of hydrogen-bond donors (Lipinski definition) is 3. The summed E-state index contributed by atoms with van der Waals surface area (Å²) in [7, 11) is 0. The third-order valence-corrected chi connectivity index (χ3v) is 2.39. The molecule has 17 heavy (non-hydrogen) atoms. The summed E-state index contributed by atoms with van der Waals surface area (Å²) in [4.78, 5) is 0. The zero-order valence-corrected chi connectivity index (χ0v) is 9.04. The molecule has 0 unspecified atom stereocenters. The van der Waals surface area contributed by atoms with Crippen molar-refractivity contribution in [2.75, 3.05) is 0 Å². The van der Waals surface area contributed by atoms with Crippen LogP contribution in [-0.4, -0.2) is 15.3 Å². The van der Waals surface area contributed by atoms with Crippen molar-refractivity contribution in [1.29, 1.82) is 0 Å². The monoisotopic (exact) mass is 228 g/mol. The van der Waals surface area contributed by atoms with Crippen molar-refractivity contribution < 1.29 is 15.3 Å². The van der Waals surface area contributed by atoms with Crippen molar-refractivity contribution in [1.82, 2.24) is 0 Å². The zero-order chi connectivity index (χ0) is 12.3. The van der Waals surface area contributed by atoms with Gasteiger partial charge in [0, 0.05) is 5.56 Å². The lowest BCUT2D eigenvalue weighted by Crippen LogP contribution is -1.76. The molecule has 0 spiro atoms. The fourth-order valence-corrected chi connectivity index (χ4v) is 1.45. The van der Waals surface area contributed by atoms with Crippen LogP contribution in [0.1, 0.15) is 11.1 Å². The standard InChI is InChI=1S/C14H12O3/c15-12-8-5-10(6-9-12)4-7-11-2-1-3-13(16)14(11)17/h1-9,15-17H. The lowest BCUT2D eigenvalue weighted by atomic mass is 10.1. The van der Waals surface area contributed by atoms with Crippen molar-refractivity contribution in [3.05, 3.63) is 53.6 Å². The van der Waals surface area contributed by atoms with E-state index in [-0.39, 0.29) is 17.2 Å². The van der Waals surface area contributed by atoms with E-state index < -0.39 is 0 Å². The van der Waals surface area contributed by atoms with Crippen molar-refractivity contribution in [3.63, 3.8) is 0 Å². The highest BCUT2D eigenvalue weighted by Gasteiger charge is 2.01. The van der Waals surface area contributed by atoms with E-state index in [9.17, 15) is 10.2 Å². The molecule has 3 heteroatoms. The van der Waals surface area contributed by atoms with E-state index >= 15 is 0 Å². The predicted octanol–water partition coefficient (Wildman–Crippen LogP) is 2.97. The fourth-order valence-electron chi connectivity index (χ4n) is 1.45. The van der Waals surface area contributed by atoms with Crippen LogP contribution in [0.5, 0.6) is 17.2 Å². The van der Waals surface area contributed by atoms with E-state index in [2.05, 4.69) is 0 Å². The summed E-state index contributed by atoms with van der Waals surface area (Å²) in [6, 6.07) is 11.5. The van der Waals surface area contributed by atoms with E-state index in [0.29, 0.717) is 5.56 Å². The first kappa shape index (κ1) is 11.1. The molecule has 2 aromatic carbocycles. The smallest absolute Gasteiger partial charge is 0.164 e. The Bertz CT molecular complexity index is 542. The first-order chi connectivity index (χ1) is 8.16. The second-order valence-corrected chi connectivity index (χ2v) is 3.64. The molecule has 0 aliphatic carbocycles. The molecule has 0 radical (unpaired) electrons. The molecular weight excluding hydrogens is 216 g/mol. The van der Waals surface area contributed by atoms with Crippen LogP contribution in [0.2, 0.25) is 0 Å². The number of hydrogen-bond acceptors (Lipinski definition) is 3. The van der Waals surface area contributed by atoms with Gasteiger partial charge in [0.2, 0.25) is 0 Å². The van der Waals surface area contributed by atoms with Crippen LogP contribution in [0, 0.1) is 0 Å². The average Bonchev–Trinajstić information content (AvgIpc) is 2.33. The first-order valence-electron chi connectivity index (χ1n) is 5.15. The highest BCUT2D eigenvalue weighted by atomic mass is 16.3. The molecule has 0 amide bonds. The van der Waals surface area contributed by atoms with Gasteiger partial charge in [-0.2, -0.15) is 0 Å². The summed E-state index contributed by atoms with van der Waals surface area (Å²) >= 11 is 0. The van der Waals surface area contributed by atoms with E-state index in [1.807, 2.05) is 0 Å². The van der Waals surface area contributed by atoms with Crippen molar-refractivity contribution in [2.45, 2.75) is 0 Å². The number of rotatable bonds is 2. The molecule has 0 saturated heterocycles. The Morgan fingerprint density at radius 1 is 0.765 bits per heavy atom. The van der Waals surface area contributed by atoms with E-state index in [4.69, 9.17) is 5.11 Å². The summed E-state index contributed by atoms with van der Waals surface area (Å²) in [5.74, 6) is -0.0669. The van der Waals surface area contributed by atoms with Crippen molar-refractivity contribution in [2.24, 2.45) is 0 Å². The Kier molecular flexibility index (Phi) is 3.01. The second kappa shape index (κ2) is 4.61. The van der Waals surface area contributed by atoms with Crippen molar-refractivity contribution in [3.8, 4) is 17.2 Å². The molecule has 0 atom stereocenters. The average molecular weight is 228 g/mol. The Morgan fingerprint density at radius 3 is 2.18 bits per heavy atom. The predicted molar refractivity (Wildman–Crippen MR) is 66.8 cm³/mol. The lowest BCUT2D eigenvalue weighted by Gasteiger charge is -2.01. The third kappa shape index (κ3) is 2.58. The van der Waals surface area contributed by atoms with Gasteiger partial charge in [-0.1, -0.05) is 36.4 Å². The van der Waals surface area contributed by atoms with Crippen LogP contribution < -0.4 is 0 Å². The Morgan fingerprint density at radius 2 is 1.47 bits per heavy atom. The molecule has 86 valence electrons. The molecular formula is C14H12O3. The minimum Gasteiger partial charge on any atom is -0.508 e. The van der Waals surface area contributed by atoms with Gasteiger partial charge in [0.15, 0.2) is 11.5 Å². The first-order valence-corrected chi connectivity index (χ1v) is 5.15. The third-order valence-electron chi connectivity index (χ3n) is 2.39. The summed E-state index contributed by atoms with van der Waals surface area (Å²) in [5.41, 5.74) is 1.43. The maximum Gasteiger partial charge on any atom is 0.164 e. The van der Waals surface area contributed by atoms with Gasteiger partial charge in [0.05, 0.1) is 0 Å². The molecule has 0 bridgehead atoms. The molecule has 3 nitrogen and oxygen atoms in total. The Balaban J connectivity index is 2.26. The lowest BCUT2D eigenvalue weighted by molar-refractivity contribution is 0.403. The summed E-state index contributed by atoms with van der Waals surface area (Å²) in [5, 5.41) is 28.0. The molecule has 0 aliphatic rings. The molecule has 0 aromatic heterocycles. The maximum absolute atomic E-state index is 9.58. The van der Waals surface area contributed by atoms with Gasteiger partial charge in [-0.3, -0.25) is 0 Å². The van der Waals surface area contributed by atoms with Gasteiger partial charge in [0.1, 0.15) is 5.75 Å². The van der Waals surface area contributed by atoms with Crippen LogP contribution in [0.3, 0.4) is 0 Å². The van der Waals surface area contributed by atoms with Crippen LogP contribution in [0.4, 0.5) is 0 Å². The summed E-state index contributed by atoms with van der Waals surface area (Å²) in [6.45, 7) is 0. The zero-order valence-electron chi connectivity index (χ0n) is 9.04. The van der Waals surface area contributed by atoms with Gasteiger partial charge < -0.3 is 15.3 Å². The van der Waals surface area contributed by atoms with E-state index in [0.717, 1.165) is 5.56 Å². The number of para-hydroxylation sites is 1. The van der Waals surface area contributed by atoms with E-state index in [1.165, 1.54) is 6.07 Å². The van der Waals surface area contributed by atoms with Gasteiger partial charge in [-0.15, -0.1) is 0 Å². The van der Waals surface area contributed by atoms with Crippen LogP contribution in [0.15, 0.2) is 42.5 Å². The van der Waals surface area contributed by atoms with Crippen LogP contribution in [0.25, 0.3) is 12.2 Å². The normalized spacial score (nSPS) is 10.8. The minimum atomic E-state index is -0.141. The number of phenolic OH excluding ortho intramolecular Hbond substituents is 3. The van der Waals surface area contributed by atoms with Gasteiger partial charge >= 0.3 is 0 Å². The highest BCUT2D eigenvalue weighted by molar-refractivity contribution is 5.73. The number of phenols is 3. The molecule has 2 aromatic rings. The number of benzene rings is 2. The van der Waals surface area contributed by atoms with Gasteiger partial charge in [0.25, 0.3) is 0 Å². The fraction of sp³-hybridized carbons (Fsp3) is 0. The molecule has 0 heterocycles. The molecule has 3 N–H and O–H groups in total. The van der Waals surface area contributed by atoms with E-state index in [1.54, 1.807) is 48.6 Å². The minimum absolute atomic E-state index is 0.137. The Labute approximate surface area is 98.9 Å². The molecule has 2 rings (SSSR count).